The molecule has 1 aromatic rings. The van der Waals surface area contributed by atoms with Crippen molar-refractivity contribution in [1.29, 1.82) is 0 Å². The maximum absolute atomic E-state index is 12.7. The Labute approximate surface area is 140 Å². The summed E-state index contributed by atoms with van der Waals surface area (Å²) in [5.74, 6) is 0.279. The summed E-state index contributed by atoms with van der Waals surface area (Å²) in [7, 11) is 0. The first-order chi connectivity index (χ1) is 11.5. The van der Waals surface area contributed by atoms with E-state index in [0.29, 0.717) is 38.1 Å². The summed E-state index contributed by atoms with van der Waals surface area (Å²) < 4.78 is 5.79. The van der Waals surface area contributed by atoms with Crippen molar-refractivity contribution in [3.63, 3.8) is 0 Å². The highest BCUT2D eigenvalue weighted by molar-refractivity contribution is 6.07. The summed E-state index contributed by atoms with van der Waals surface area (Å²) in [6.45, 7) is 2.74. The number of nitrogens with one attached hydrogen (secondary N) is 2. The molecular formula is C17H21N3O4. The van der Waals surface area contributed by atoms with E-state index in [9.17, 15) is 14.4 Å². The van der Waals surface area contributed by atoms with Gasteiger partial charge in [0.2, 0.25) is 0 Å². The molecule has 0 aromatic heterocycles. The Morgan fingerprint density at radius 2 is 1.92 bits per heavy atom. The number of hydrogen-bond acceptors (Lipinski definition) is 4. The van der Waals surface area contributed by atoms with Crippen LogP contribution in [0, 0.1) is 0 Å². The lowest BCUT2D eigenvalue weighted by Crippen LogP contribution is -2.57. The van der Waals surface area contributed by atoms with E-state index in [1.54, 1.807) is 4.90 Å². The fourth-order valence-electron chi connectivity index (χ4n) is 3.16. The molecule has 1 atom stereocenters. The molecule has 1 spiro atoms. The Morgan fingerprint density at radius 1 is 1.25 bits per heavy atom. The van der Waals surface area contributed by atoms with Crippen LogP contribution in [0.1, 0.15) is 26.2 Å². The first-order valence-electron chi connectivity index (χ1n) is 8.18. The minimum Gasteiger partial charge on any atom is -0.481 e. The van der Waals surface area contributed by atoms with Crippen molar-refractivity contribution in [2.24, 2.45) is 0 Å². The lowest BCUT2D eigenvalue weighted by Gasteiger charge is -2.38. The van der Waals surface area contributed by atoms with Crippen LogP contribution in [0.4, 0.5) is 4.79 Å². The molecular weight excluding hydrogens is 310 g/mol. The maximum atomic E-state index is 12.7. The van der Waals surface area contributed by atoms with Gasteiger partial charge in [0, 0.05) is 13.1 Å². The van der Waals surface area contributed by atoms with Gasteiger partial charge in [-0.2, -0.15) is 0 Å². The molecule has 2 heterocycles. The number of hydrogen-bond donors (Lipinski definition) is 2. The molecule has 0 saturated carbocycles. The van der Waals surface area contributed by atoms with E-state index in [1.165, 1.54) is 0 Å². The number of amides is 4. The van der Waals surface area contributed by atoms with E-state index in [-0.39, 0.29) is 11.8 Å². The van der Waals surface area contributed by atoms with Crippen molar-refractivity contribution in [2.75, 3.05) is 13.1 Å². The van der Waals surface area contributed by atoms with Crippen molar-refractivity contribution in [3.8, 4) is 5.75 Å². The molecule has 128 valence electrons. The van der Waals surface area contributed by atoms with E-state index in [1.807, 2.05) is 37.3 Å². The van der Waals surface area contributed by atoms with Gasteiger partial charge in [-0.15, -0.1) is 0 Å². The Balaban J connectivity index is 1.61. The molecule has 2 aliphatic rings. The number of para-hydroxylation sites is 1. The van der Waals surface area contributed by atoms with Crippen LogP contribution >= 0.6 is 0 Å². The summed E-state index contributed by atoms with van der Waals surface area (Å²) in [4.78, 5) is 37.7. The van der Waals surface area contributed by atoms with Gasteiger partial charge in [0.1, 0.15) is 11.3 Å². The average Bonchev–Trinajstić information content (AvgIpc) is 2.87. The average molecular weight is 331 g/mol. The minimum absolute atomic E-state index is 0.0825. The van der Waals surface area contributed by atoms with Crippen molar-refractivity contribution < 1.29 is 19.1 Å². The first kappa shape index (κ1) is 16.3. The fourth-order valence-corrected chi connectivity index (χ4v) is 3.16. The summed E-state index contributed by atoms with van der Waals surface area (Å²) in [6, 6.07) is 8.79. The predicted molar refractivity (Wildman–Crippen MR) is 86.4 cm³/mol. The van der Waals surface area contributed by atoms with Crippen LogP contribution in [0.25, 0.3) is 0 Å². The summed E-state index contributed by atoms with van der Waals surface area (Å²) in [5, 5.41) is 4.96. The lowest BCUT2D eigenvalue weighted by molar-refractivity contribution is -0.142. The highest BCUT2D eigenvalue weighted by atomic mass is 16.5. The molecule has 0 bridgehead atoms. The number of nitrogens with zero attached hydrogens (tertiary/aromatic N) is 1. The number of likely N-dealkylation sites (tertiary alicyclic amines) is 1. The number of piperidine rings is 1. The SMILES string of the molecule is CC[C@H](Oc1ccccc1)C(=O)N1CCC2(CC1)NC(=O)NC2=O. The van der Waals surface area contributed by atoms with Gasteiger partial charge in [0.05, 0.1) is 0 Å². The molecule has 24 heavy (non-hydrogen) atoms. The van der Waals surface area contributed by atoms with E-state index in [2.05, 4.69) is 10.6 Å². The van der Waals surface area contributed by atoms with Gasteiger partial charge < -0.3 is 15.0 Å². The third-order valence-electron chi connectivity index (χ3n) is 4.61. The molecule has 2 aliphatic heterocycles. The van der Waals surface area contributed by atoms with Gasteiger partial charge in [-0.1, -0.05) is 25.1 Å². The second kappa shape index (κ2) is 6.51. The molecule has 1 aromatic carbocycles. The fraction of sp³-hybridized carbons (Fsp3) is 0.471. The maximum Gasteiger partial charge on any atom is 0.322 e. The van der Waals surface area contributed by atoms with E-state index >= 15 is 0 Å². The number of urea groups is 1. The summed E-state index contributed by atoms with van der Waals surface area (Å²) in [6.07, 6.45) is 0.844. The smallest absolute Gasteiger partial charge is 0.322 e. The van der Waals surface area contributed by atoms with Gasteiger partial charge in [0.15, 0.2) is 6.10 Å². The van der Waals surface area contributed by atoms with Crippen molar-refractivity contribution in [2.45, 2.75) is 37.8 Å². The zero-order chi connectivity index (χ0) is 17.2. The van der Waals surface area contributed by atoms with Crippen LogP contribution in [0.15, 0.2) is 30.3 Å². The summed E-state index contributed by atoms with van der Waals surface area (Å²) >= 11 is 0. The number of carbonyl (C=O) groups is 3. The van der Waals surface area contributed by atoms with Crippen LogP contribution in [0.2, 0.25) is 0 Å². The van der Waals surface area contributed by atoms with Crippen LogP contribution in [-0.4, -0.2) is 47.5 Å². The van der Waals surface area contributed by atoms with Crippen LogP contribution in [0.3, 0.4) is 0 Å². The number of imide groups is 1. The van der Waals surface area contributed by atoms with Gasteiger partial charge in [-0.05, 0) is 31.4 Å². The van der Waals surface area contributed by atoms with E-state index in [4.69, 9.17) is 4.74 Å². The highest BCUT2D eigenvalue weighted by Crippen LogP contribution is 2.26. The third-order valence-corrected chi connectivity index (χ3v) is 4.61. The first-order valence-corrected chi connectivity index (χ1v) is 8.18. The monoisotopic (exact) mass is 331 g/mol. The van der Waals surface area contributed by atoms with Gasteiger partial charge in [-0.3, -0.25) is 14.9 Å². The van der Waals surface area contributed by atoms with Crippen molar-refractivity contribution >= 4 is 17.8 Å². The van der Waals surface area contributed by atoms with Gasteiger partial charge in [0.25, 0.3) is 11.8 Å². The Morgan fingerprint density at radius 3 is 2.46 bits per heavy atom. The quantitative estimate of drug-likeness (QED) is 0.807. The predicted octanol–water partition coefficient (Wildman–Crippen LogP) is 1.04. The van der Waals surface area contributed by atoms with Crippen LogP contribution < -0.4 is 15.4 Å². The molecule has 2 fully saturated rings. The standard InChI is InChI=1S/C17H21N3O4/c1-2-13(24-12-6-4-3-5-7-12)14(21)20-10-8-17(9-11-20)15(22)18-16(23)19-17/h3-7,13H,2,8-11H2,1H3,(H2,18,19,22,23)/t13-/m0/s1. The highest BCUT2D eigenvalue weighted by Gasteiger charge is 2.48. The third kappa shape index (κ3) is 3.06. The Kier molecular flexibility index (Phi) is 4.42. The Hall–Kier alpha value is -2.57. The normalized spacial score (nSPS) is 20.5. The van der Waals surface area contributed by atoms with Crippen LogP contribution in [-0.2, 0) is 9.59 Å². The lowest BCUT2D eigenvalue weighted by atomic mass is 9.87. The van der Waals surface area contributed by atoms with E-state index < -0.39 is 17.7 Å². The number of rotatable bonds is 4. The number of carbonyl (C=O) groups excluding carboxylic acids is 3. The number of ether oxygens (including phenoxy) is 1. The van der Waals surface area contributed by atoms with Crippen molar-refractivity contribution in [1.82, 2.24) is 15.5 Å². The molecule has 0 unspecified atom stereocenters. The van der Waals surface area contributed by atoms with Crippen LogP contribution in [0.5, 0.6) is 5.75 Å². The van der Waals surface area contributed by atoms with Gasteiger partial charge >= 0.3 is 6.03 Å². The molecule has 0 radical (unpaired) electrons. The molecule has 0 aliphatic carbocycles. The summed E-state index contributed by atoms with van der Waals surface area (Å²) in [5.41, 5.74) is -0.865. The van der Waals surface area contributed by atoms with Gasteiger partial charge in [-0.25, -0.2) is 4.79 Å². The molecule has 4 amide bonds. The number of benzene rings is 1. The van der Waals surface area contributed by atoms with E-state index in [0.717, 1.165) is 0 Å². The molecule has 7 heteroatoms. The molecule has 2 N–H and O–H groups in total. The second-order valence-corrected chi connectivity index (χ2v) is 6.14. The Bertz CT molecular complexity index is 638. The zero-order valence-electron chi connectivity index (χ0n) is 13.6. The second-order valence-electron chi connectivity index (χ2n) is 6.14. The zero-order valence-corrected chi connectivity index (χ0v) is 13.6. The molecule has 2 saturated heterocycles. The topological polar surface area (TPSA) is 87.7 Å². The van der Waals surface area contributed by atoms with Crippen molar-refractivity contribution in [3.05, 3.63) is 30.3 Å². The molecule has 3 rings (SSSR count). The largest absolute Gasteiger partial charge is 0.481 e. The minimum atomic E-state index is -0.865. The molecule has 7 nitrogen and oxygen atoms in total.